The van der Waals surface area contributed by atoms with Crippen molar-refractivity contribution in [1.82, 2.24) is 19.3 Å². The molecule has 0 bridgehead atoms. The van der Waals surface area contributed by atoms with Crippen molar-refractivity contribution < 1.29 is 9.53 Å². The Bertz CT molecular complexity index is 1170. The van der Waals surface area contributed by atoms with E-state index in [9.17, 15) is 9.59 Å². The van der Waals surface area contributed by atoms with Gasteiger partial charge in [-0.3, -0.25) is 19.4 Å². The average Bonchev–Trinajstić information content (AvgIpc) is 2.78. The summed E-state index contributed by atoms with van der Waals surface area (Å²) in [7, 11) is 1.57. The zero-order chi connectivity index (χ0) is 22.2. The normalized spacial score (nSPS) is 11.3. The van der Waals surface area contributed by atoms with Crippen LogP contribution in [0.3, 0.4) is 0 Å². The molecule has 31 heavy (non-hydrogen) atoms. The van der Waals surface area contributed by atoms with Crippen LogP contribution in [0.2, 0.25) is 0 Å². The molecule has 0 aromatic carbocycles. The van der Waals surface area contributed by atoms with E-state index in [-0.39, 0.29) is 22.5 Å². The van der Waals surface area contributed by atoms with Gasteiger partial charge < -0.3 is 14.6 Å². The van der Waals surface area contributed by atoms with Crippen molar-refractivity contribution >= 4 is 22.6 Å². The van der Waals surface area contributed by atoms with E-state index in [4.69, 9.17) is 10.1 Å². The van der Waals surface area contributed by atoms with Crippen molar-refractivity contribution in [2.75, 3.05) is 20.3 Å². The van der Waals surface area contributed by atoms with Crippen molar-refractivity contribution in [3.8, 4) is 0 Å². The number of pyridine rings is 2. The lowest BCUT2D eigenvalue weighted by molar-refractivity contribution is 0.0950. The number of methoxy groups -OCH3 is 1. The molecule has 0 aliphatic heterocycles. The first-order chi connectivity index (χ1) is 15.1. The van der Waals surface area contributed by atoms with Crippen LogP contribution in [0, 0.1) is 5.41 Å². The molecule has 0 aliphatic rings. The molecular weight excluding hydrogens is 394 g/mol. The van der Waals surface area contributed by atoms with Gasteiger partial charge in [0.15, 0.2) is 0 Å². The van der Waals surface area contributed by atoms with Gasteiger partial charge >= 0.3 is 0 Å². The Hall–Kier alpha value is -3.00. The second-order valence-electron chi connectivity index (χ2n) is 7.66. The second-order valence-corrected chi connectivity index (χ2v) is 7.66. The van der Waals surface area contributed by atoms with Crippen LogP contribution in [-0.4, -0.2) is 40.1 Å². The maximum atomic E-state index is 13.1. The fraction of sp³-hybridized carbons (Fsp3) is 0.478. The van der Waals surface area contributed by atoms with Gasteiger partial charge in [-0.15, -0.1) is 0 Å². The van der Waals surface area contributed by atoms with Crippen LogP contribution >= 0.6 is 0 Å². The Labute approximate surface area is 181 Å². The highest BCUT2D eigenvalue weighted by atomic mass is 16.5. The first-order valence-electron chi connectivity index (χ1n) is 10.9. The first kappa shape index (κ1) is 22.7. The van der Waals surface area contributed by atoms with E-state index in [1.54, 1.807) is 36.1 Å². The summed E-state index contributed by atoms with van der Waals surface area (Å²) in [5.41, 5.74) is 0.801. The molecule has 0 saturated carbocycles. The zero-order valence-electron chi connectivity index (χ0n) is 18.3. The van der Waals surface area contributed by atoms with Crippen LogP contribution in [-0.2, 0) is 11.3 Å². The summed E-state index contributed by atoms with van der Waals surface area (Å²) in [6, 6.07) is 6.80. The van der Waals surface area contributed by atoms with Crippen LogP contribution in [0.4, 0.5) is 0 Å². The molecule has 0 saturated heterocycles. The van der Waals surface area contributed by atoms with Gasteiger partial charge in [0.1, 0.15) is 16.8 Å². The summed E-state index contributed by atoms with van der Waals surface area (Å²) in [5.74, 6) is -0.343. The number of hydrogen-bond acceptors (Lipinski definition) is 5. The van der Waals surface area contributed by atoms with Crippen LogP contribution in [0.15, 0.2) is 35.3 Å². The molecule has 1 amide bonds. The largest absolute Gasteiger partial charge is 0.383 e. The number of unbranched alkanes of at least 4 members (excludes halogenated alkanes) is 5. The highest BCUT2D eigenvalue weighted by molar-refractivity contribution is 5.96. The Kier molecular flexibility index (Phi) is 7.94. The highest BCUT2D eigenvalue weighted by Crippen LogP contribution is 2.10. The number of nitrogens with zero attached hydrogens (tertiary/aromatic N) is 3. The summed E-state index contributed by atoms with van der Waals surface area (Å²) in [6.45, 7) is 3.39. The van der Waals surface area contributed by atoms with Crippen LogP contribution in [0.5, 0.6) is 0 Å². The SMILES string of the molecule is CCCCCCCCNC(=O)c1cc2c(=O)n3ccccc3nc2n(CCOC)c1=N. The third kappa shape index (κ3) is 5.19. The molecule has 3 aromatic heterocycles. The summed E-state index contributed by atoms with van der Waals surface area (Å²) in [6.07, 6.45) is 8.44. The number of rotatable bonds is 11. The Morgan fingerprint density at radius 1 is 1.19 bits per heavy atom. The number of fused-ring (bicyclic) bond motifs is 2. The molecule has 3 rings (SSSR count). The van der Waals surface area contributed by atoms with Crippen molar-refractivity contribution in [1.29, 1.82) is 5.41 Å². The zero-order valence-corrected chi connectivity index (χ0v) is 18.3. The van der Waals surface area contributed by atoms with Gasteiger partial charge in [0.05, 0.1) is 17.6 Å². The predicted octanol–water partition coefficient (Wildman–Crippen LogP) is 2.87. The molecule has 0 aliphatic carbocycles. The summed E-state index contributed by atoms with van der Waals surface area (Å²) >= 11 is 0. The van der Waals surface area contributed by atoms with E-state index in [0.29, 0.717) is 36.4 Å². The van der Waals surface area contributed by atoms with Crippen molar-refractivity contribution in [3.63, 3.8) is 0 Å². The van der Waals surface area contributed by atoms with E-state index >= 15 is 0 Å². The van der Waals surface area contributed by atoms with Gasteiger partial charge in [-0.1, -0.05) is 45.1 Å². The lowest BCUT2D eigenvalue weighted by Crippen LogP contribution is -2.35. The first-order valence-corrected chi connectivity index (χ1v) is 10.9. The fourth-order valence-electron chi connectivity index (χ4n) is 3.66. The van der Waals surface area contributed by atoms with Crippen LogP contribution in [0.1, 0.15) is 55.8 Å². The van der Waals surface area contributed by atoms with E-state index in [0.717, 1.165) is 19.3 Å². The molecule has 0 spiro atoms. The van der Waals surface area contributed by atoms with E-state index in [1.165, 1.54) is 29.7 Å². The highest BCUT2D eigenvalue weighted by Gasteiger charge is 2.17. The van der Waals surface area contributed by atoms with Crippen molar-refractivity contribution in [2.45, 2.75) is 52.0 Å². The van der Waals surface area contributed by atoms with E-state index < -0.39 is 0 Å². The molecule has 3 heterocycles. The Morgan fingerprint density at radius 2 is 1.97 bits per heavy atom. The van der Waals surface area contributed by atoms with Crippen molar-refractivity contribution in [3.05, 3.63) is 51.9 Å². The average molecular weight is 426 g/mol. The molecule has 8 nitrogen and oxygen atoms in total. The second kappa shape index (κ2) is 10.9. The minimum atomic E-state index is -0.343. The lowest BCUT2D eigenvalue weighted by atomic mass is 10.1. The smallest absolute Gasteiger partial charge is 0.267 e. The molecule has 0 atom stereocenters. The van der Waals surface area contributed by atoms with Crippen molar-refractivity contribution in [2.24, 2.45) is 0 Å². The number of amides is 1. The minimum Gasteiger partial charge on any atom is -0.383 e. The van der Waals surface area contributed by atoms with Gasteiger partial charge in [0.25, 0.3) is 11.5 Å². The Balaban J connectivity index is 1.92. The number of aromatic nitrogens is 3. The number of ether oxygens (including phenoxy) is 1. The maximum absolute atomic E-state index is 13.1. The molecule has 2 N–H and O–H groups in total. The van der Waals surface area contributed by atoms with Gasteiger partial charge in [0, 0.05) is 26.4 Å². The number of hydrogen-bond donors (Lipinski definition) is 2. The quantitative estimate of drug-likeness (QED) is 0.364. The molecule has 3 aromatic rings. The molecule has 0 fully saturated rings. The lowest BCUT2D eigenvalue weighted by Gasteiger charge is -2.14. The van der Waals surface area contributed by atoms with Gasteiger partial charge in [-0.2, -0.15) is 0 Å². The fourth-order valence-corrected chi connectivity index (χ4v) is 3.66. The monoisotopic (exact) mass is 425 g/mol. The molecule has 0 unspecified atom stereocenters. The van der Waals surface area contributed by atoms with Gasteiger partial charge in [-0.05, 0) is 24.6 Å². The topological polar surface area (TPSA) is 101 Å². The maximum Gasteiger partial charge on any atom is 0.267 e. The molecule has 166 valence electrons. The third-order valence-corrected chi connectivity index (χ3v) is 5.40. The van der Waals surface area contributed by atoms with Crippen LogP contribution < -0.4 is 16.4 Å². The Morgan fingerprint density at radius 3 is 2.74 bits per heavy atom. The summed E-state index contributed by atoms with van der Waals surface area (Å²) in [4.78, 5) is 30.5. The standard InChI is InChI=1S/C23H31N5O3/c1-3-4-5-6-7-9-12-25-22(29)17-16-18-21(28(20(17)24)14-15-31-2)26-19-11-8-10-13-27(19)23(18)30/h8,10-11,13,16,24H,3-7,9,12,14-15H2,1-2H3,(H,25,29). The number of carbonyl (C=O) groups excluding carboxylic acids is 1. The van der Waals surface area contributed by atoms with E-state index in [2.05, 4.69) is 17.2 Å². The minimum absolute atomic E-state index is 0.0252. The van der Waals surface area contributed by atoms with Gasteiger partial charge in [-0.25, -0.2) is 4.98 Å². The summed E-state index contributed by atoms with van der Waals surface area (Å²) in [5, 5.41) is 11.8. The molecule has 0 radical (unpaired) electrons. The van der Waals surface area contributed by atoms with Gasteiger partial charge in [0.2, 0.25) is 0 Å². The summed E-state index contributed by atoms with van der Waals surface area (Å²) < 4.78 is 8.20. The van der Waals surface area contributed by atoms with E-state index in [1.807, 2.05) is 0 Å². The number of carbonyl (C=O) groups is 1. The number of nitrogens with one attached hydrogen (secondary N) is 2. The third-order valence-electron chi connectivity index (χ3n) is 5.40. The molecule has 8 heteroatoms. The molecular formula is C23H31N5O3. The predicted molar refractivity (Wildman–Crippen MR) is 120 cm³/mol. The van der Waals surface area contributed by atoms with Crippen LogP contribution in [0.25, 0.3) is 16.7 Å².